The van der Waals surface area contributed by atoms with Crippen LogP contribution in [0.25, 0.3) is 5.70 Å². The summed E-state index contributed by atoms with van der Waals surface area (Å²) in [5.41, 5.74) is 6.48. The van der Waals surface area contributed by atoms with E-state index in [4.69, 9.17) is 9.47 Å². The van der Waals surface area contributed by atoms with E-state index < -0.39 is 6.10 Å². The standard InChI is InChI=1S/C26H21N5O3/c1-15-7-9-16(10-8-15)23-21-22(27-26-28-29-30-31(23)26)19-5-3-4-6-20(19)34-24(21)17-11-13-18(14-12-17)25(32)33-2/h3-14,23-24H,1-2H3,(H,27,28,30)/t23-,24+/m0/s1. The molecule has 0 radical (unpaired) electrons. The van der Waals surface area contributed by atoms with E-state index in [1.54, 1.807) is 16.8 Å². The van der Waals surface area contributed by atoms with Gasteiger partial charge in [-0.25, -0.2) is 4.79 Å². The Kier molecular flexibility index (Phi) is 4.65. The smallest absolute Gasteiger partial charge is 0.337 e. The molecule has 0 fully saturated rings. The van der Waals surface area contributed by atoms with Crippen molar-refractivity contribution in [3.8, 4) is 5.75 Å². The van der Waals surface area contributed by atoms with Gasteiger partial charge in [0, 0.05) is 11.1 Å². The predicted molar refractivity (Wildman–Crippen MR) is 125 cm³/mol. The zero-order valence-corrected chi connectivity index (χ0v) is 18.6. The van der Waals surface area contributed by atoms with Gasteiger partial charge in [-0.2, -0.15) is 4.68 Å². The van der Waals surface area contributed by atoms with E-state index in [0.29, 0.717) is 11.5 Å². The Hall–Kier alpha value is -4.46. The van der Waals surface area contributed by atoms with Gasteiger partial charge in [-0.05, 0) is 52.7 Å². The van der Waals surface area contributed by atoms with Crippen molar-refractivity contribution < 1.29 is 14.3 Å². The molecule has 0 amide bonds. The highest BCUT2D eigenvalue weighted by Gasteiger charge is 2.41. The molecule has 3 aromatic carbocycles. The molecule has 2 aliphatic heterocycles. The first-order valence-corrected chi connectivity index (χ1v) is 10.9. The van der Waals surface area contributed by atoms with Crippen LogP contribution in [0.2, 0.25) is 0 Å². The lowest BCUT2D eigenvalue weighted by molar-refractivity contribution is 0.0600. The molecule has 168 valence electrons. The first kappa shape index (κ1) is 20.2. The van der Waals surface area contributed by atoms with Crippen molar-refractivity contribution >= 4 is 17.6 Å². The Labute approximate surface area is 195 Å². The van der Waals surface area contributed by atoms with E-state index in [-0.39, 0.29) is 12.0 Å². The van der Waals surface area contributed by atoms with Gasteiger partial charge in [-0.1, -0.05) is 59.2 Å². The van der Waals surface area contributed by atoms with Crippen LogP contribution in [-0.4, -0.2) is 33.3 Å². The SMILES string of the molecule is COC(=O)c1ccc([C@H]2Oc3ccccc3C3=C2[C@H](c2ccc(C)cc2)n2nnnc2N3)cc1. The van der Waals surface area contributed by atoms with Crippen LogP contribution in [0.3, 0.4) is 0 Å². The van der Waals surface area contributed by atoms with Gasteiger partial charge < -0.3 is 14.8 Å². The summed E-state index contributed by atoms with van der Waals surface area (Å²) in [5.74, 6) is 0.955. The number of para-hydroxylation sites is 1. The number of nitrogens with one attached hydrogen (secondary N) is 1. The number of hydrogen-bond donors (Lipinski definition) is 1. The summed E-state index contributed by atoms with van der Waals surface area (Å²) in [6.07, 6.45) is -0.423. The highest BCUT2D eigenvalue weighted by atomic mass is 16.5. The minimum Gasteiger partial charge on any atom is -0.480 e. The Morgan fingerprint density at radius 2 is 1.74 bits per heavy atom. The van der Waals surface area contributed by atoms with E-state index >= 15 is 0 Å². The molecule has 3 heterocycles. The van der Waals surface area contributed by atoms with Crippen LogP contribution in [0, 0.1) is 6.92 Å². The molecule has 0 saturated heterocycles. The summed E-state index contributed by atoms with van der Waals surface area (Å²) in [6.45, 7) is 2.06. The first-order valence-electron chi connectivity index (χ1n) is 10.9. The highest BCUT2D eigenvalue weighted by Crippen LogP contribution is 2.50. The molecule has 6 rings (SSSR count). The minimum atomic E-state index is -0.423. The maximum Gasteiger partial charge on any atom is 0.337 e. The third-order valence-corrected chi connectivity index (χ3v) is 6.27. The van der Waals surface area contributed by atoms with Crippen molar-refractivity contribution in [1.29, 1.82) is 0 Å². The van der Waals surface area contributed by atoms with E-state index in [1.165, 1.54) is 12.7 Å². The van der Waals surface area contributed by atoms with Crippen molar-refractivity contribution in [1.82, 2.24) is 20.2 Å². The monoisotopic (exact) mass is 451 g/mol. The fourth-order valence-corrected chi connectivity index (χ4v) is 4.59. The van der Waals surface area contributed by atoms with Crippen LogP contribution in [0.5, 0.6) is 5.75 Å². The minimum absolute atomic E-state index is 0.277. The largest absolute Gasteiger partial charge is 0.480 e. The van der Waals surface area contributed by atoms with Crippen molar-refractivity contribution in [3.63, 3.8) is 0 Å². The molecule has 2 atom stereocenters. The number of aromatic nitrogens is 4. The number of carbonyl (C=O) groups is 1. The summed E-state index contributed by atoms with van der Waals surface area (Å²) in [4.78, 5) is 12.0. The molecule has 0 spiro atoms. The van der Waals surface area contributed by atoms with Crippen LogP contribution < -0.4 is 10.1 Å². The topological polar surface area (TPSA) is 91.2 Å². The molecule has 0 unspecified atom stereocenters. The van der Waals surface area contributed by atoms with Crippen molar-refractivity contribution in [2.45, 2.75) is 19.1 Å². The third-order valence-electron chi connectivity index (χ3n) is 6.27. The number of methoxy groups -OCH3 is 1. The Morgan fingerprint density at radius 3 is 2.50 bits per heavy atom. The van der Waals surface area contributed by atoms with Crippen LogP contribution in [-0.2, 0) is 4.74 Å². The number of fused-ring (bicyclic) bond motifs is 3. The predicted octanol–water partition coefficient (Wildman–Crippen LogP) is 4.33. The average Bonchev–Trinajstić information content (AvgIpc) is 3.35. The summed E-state index contributed by atoms with van der Waals surface area (Å²) >= 11 is 0. The zero-order valence-electron chi connectivity index (χ0n) is 18.6. The van der Waals surface area contributed by atoms with E-state index in [9.17, 15) is 4.79 Å². The summed E-state index contributed by atoms with van der Waals surface area (Å²) in [7, 11) is 1.37. The van der Waals surface area contributed by atoms with Gasteiger partial charge >= 0.3 is 5.97 Å². The summed E-state index contributed by atoms with van der Waals surface area (Å²) < 4.78 is 13.2. The van der Waals surface area contributed by atoms with E-state index in [0.717, 1.165) is 33.7 Å². The number of anilines is 1. The van der Waals surface area contributed by atoms with Gasteiger partial charge in [0.1, 0.15) is 17.9 Å². The second-order valence-electron chi connectivity index (χ2n) is 8.32. The second-order valence-corrected chi connectivity index (χ2v) is 8.32. The molecule has 8 heteroatoms. The number of benzene rings is 3. The molecule has 0 aliphatic carbocycles. The molecule has 4 aromatic rings. The number of hydrogen-bond acceptors (Lipinski definition) is 7. The molecule has 0 saturated carbocycles. The van der Waals surface area contributed by atoms with Gasteiger partial charge in [-0.3, -0.25) is 0 Å². The zero-order chi connectivity index (χ0) is 23.2. The maximum absolute atomic E-state index is 12.0. The van der Waals surface area contributed by atoms with E-state index in [2.05, 4.69) is 52.0 Å². The van der Waals surface area contributed by atoms with Gasteiger partial charge in [0.15, 0.2) is 0 Å². The molecule has 34 heavy (non-hydrogen) atoms. The summed E-state index contributed by atoms with van der Waals surface area (Å²) in [6, 6.07) is 23.3. The number of rotatable bonds is 3. The molecule has 1 N–H and O–H groups in total. The number of esters is 1. The highest BCUT2D eigenvalue weighted by molar-refractivity contribution is 5.89. The van der Waals surface area contributed by atoms with Gasteiger partial charge in [0.2, 0.25) is 5.95 Å². The Bertz CT molecular complexity index is 1420. The van der Waals surface area contributed by atoms with Crippen molar-refractivity contribution in [2.75, 3.05) is 12.4 Å². The average molecular weight is 451 g/mol. The molecule has 0 bridgehead atoms. The molecule has 1 aromatic heterocycles. The first-order chi connectivity index (χ1) is 16.6. The van der Waals surface area contributed by atoms with Gasteiger partial charge in [-0.15, -0.1) is 0 Å². The quantitative estimate of drug-likeness (QED) is 0.464. The number of carbonyl (C=O) groups excluding carboxylic acids is 1. The number of ether oxygens (including phenoxy) is 2. The van der Waals surface area contributed by atoms with Crippen LogP contribution in [0.15, 0.2) is 78.4 Å². The fraction of sp³-hybridized carbons (Fsp3) is 0.154. The third kappa shape index (κ3) is 3.14. The Morgan fingerprint density at radius 1 is 1.00 bits per heavy atom. The van der Waals surface area contributed by atoms with Crippen LogP contribution in [0.1, 0.15) is 44.8 Å². The molecular weight excluding hydrogens is 430 g/mol. The number of aryl methyl sites for hydroxylation is 1. The maximum atomic E-state index is 12.0. The van der Waals surface area contributed by atoms with E-state index in [1.807, 2.05) is 36.4 Å². The molecule has 8 nitrogen and oxygen atoms in total. The van der Waals surface area contributed by atoms with Crippen molar-refractivity contribution in [2.24, 2.45) is 0 Å². The van der Waals surface area contributed by atoms with Crippen LogP contribution in [0.4, 0.5) is 5.95 Å². The van der Waals surface area contributed by atoms with Crippen molar-refractivity contribution in [3.05, 3.63) is 106 Å². The van der Waals surface area contributed by atoms with Gasteiger partial charge in [0.05, 0.1) is 18.4 Å². The number of nitrogens with zero attached hydrogens (tertiary/aromatic N) is 4. The lowest BCUT2D eigenvalue weighted by Crippen LogP contribution is -2.32. The van der Waals surface area contributed by atoms with Gasteiger partial charge in [0.25, 0.3) is 0 Å². The number of tetrazole rings is 1. The fourth-order valence-electron chi connectivity index (χ4n) is 4.59. The second kappa shape index (κ2) is 7.84. The van der Waals surface area contributed by atoms with Crippen LogP contribution >= 0.6 is 0 Å². The molecular formula is C26H21N5O3. The lowest BCUT2D eigenvalue weighted by atomic mass is 9.84. The Balaban J connectivity index is 1.56. The molecule has 2 aliphatic rings. The normalized spacial score (nSPS) is 18.2. The summed E-state index contributed by atoms with van der Waals surface area (Å²) in [5, 5.41) is 15.9. The lowest BCUT2D eigenvalue weighted by Gasteiger charge is -2.38.